The Hall–Kier alpha value is -0.120. The van der Waals surface area contributed by atoms with Gasteiger partial charge >= 0.3 is 0 Å². The third-order valence-corrected chi connectivity index (χ3v) is 2.82. The van der Waals surface area contributed by atoms with E-state index in [0.29, 0.717) is 0 Å². The van der Waals surface area contributed by atoms with Gasteiger partial charge in [-0.2, -0.15) is 0 Å². The van der Waals surface area contributed by atoms with Crippen LogP contribution in [0.5, 0.6) is 0 Å². The lowest BCUT2D eigenvalue weighted by molar-refractivity contribution is 0.0491. The van der Waals surface area contributed by atoms with E-state index in [0.717, 1.165) is 18.4 Å². The van der Waals surface area contributed by atoms with E-state index in [1.165, 1.54) is 26.1 Å². The summed E-state index contributed by atoms with van der Waals surface area (Å²) in [6, 6.07) is 0. The summed E-state index contributed by atoms with van der Waals surface area (Å²) in [6.45, 7) is 9.29. The van der Waals surface area contributed by atoms with Crippen molar-refractivity contribution in [1.29, 1.82) is 0 Å². The first-order chi connectivity index (χ1) is 6.59. The fraction of sp³-hybridized carbons (Fsp3) is 1.00. The van der Waals surface area contributed by atoms with Crippen LogP contribution in [-0.2, 0) is 0 Å². The molecule has 0 saturated carbocycles. The molecule has 0 bridgehead atoms. The van der Waals surface area contributed by atoms with Crippen LogP contribution in [0.25, 0.3) is 0 Å². The van der Waals surface area contributed by atoms with Crippen LogP contribution in [0.2, 0.25) is 0 Å². The van der Waals surface area contributed by atoms with E-state index < -0.39 is 0 Å². The Labute approximate surface area is 88.4 Å². The number of nitrogens with one attached hydrogen (secondary N) is 1. The number of hydrogen-bond donors (Lipinski definition) is 1. The fourth-order valence-electron chi connectivity index (χ4n) is 1.92. The van der Waals surface area contributed by atoms with Crippen molar-refractivity contribution in [2.45, 2.75) is 20.3 Å². The summed E-state index contributed by atoms with van der Waals surface area (Å²) in [4.78, 5) is 0. The van der Waals surface area contributed by atoms with Gasteiger partial charge in [-0.05, 0) is 31.3 Å². The molecule has 1 rings (SSSR count). The van der Waals surface area contributed by atoms with Gasteiger partial charge in [0.2, 0.25) is 0 Å². The van der Waals surface area contributed by atoms with Crippen molar-refractivity contribution in [2.75, 3.05) is 40.3 Å². The average molecular weight is 199 g/mol. The predicted molar refractivity (Wildman–Crippen MR) is 61.1 cm³/mol. The second-order valence-corrected chi connectivity index (χ2v) is 4.97. The highest BCUT2D eigenvalue weighted by atomic mass is 15.6. The minimum atomic E-state index is 0.765. The molecular weight excluding hydrogens is 174 g/mol. The van der Waals surface area contributed by atoms with E-state index in [1.807, 2.05) is 0 Å². The molecule has 0 spiro atoms. The Morgan fingerprint density at radius 1 is 1.43 bits per heavy atom. The molecule has 1 aliphatic rings. The van der Waals surface area contributed by atoms with Crippen LogP contribution in [0.3, 0.4) is 0 Å². The second-order valence-electron chi connectivity index (χ2n) is 4.97. The first-order valence-corrected chi connectivity index (χ1v) is 5.72. The summed E-state index contributed by atoms with van der Waals surface area (Å²) in [5.41, 5.74) is 0. The molecule has 0 aliphatic carbocycles. The zero-order chi connectivity index (χ0) is 10.6. The van der Waals surface area contributed by atoms with Gasteiger partial charge in [0, 0.05) is 27.2 Å². The Morgan fingerprint density at radius 2 is 2.14 bits per heavy atom. The minimum absolute atomic E-state index is 0.765. The first-order valence-electron chi connectivity index (χ1n) is 5.72. The standard InChI is InChI=1S/C11H25N3/c1-10(2)7-12-8-11-5-6-14(9-11)13(3)4/h10-12H,5-9H2,1-4H3. The SMILES string of the molecule is CC(C)CNCC1CCN(N(C)C)C1. The van der Waals surface area contributed by atoms with Crippen LogP contribution in [0, 0.1) is 11.8 Å². The Balaban J connectivity index is 2.10. The quantitative estimate of drug-likeness (QED) is 0.713. The van der Waals surface area contributed by atoms with Crippen molar-refractivity contribution in [1.82, 2.24) is 15.3 Å². The van der Waals surface area contributed by atoms with E-state index in [1.54, 1.807) is 0 Å². The van der Waals surface area contributed by atoms with Gasteiger partial charge in [0.05, 0.1) is 0 Å². The third kappa shape index (κ3) is 3.95. The van der Waals surface area contributed by atoms with Gasteiger partial charge in [0.1, 0.15) is 0 Å². The smallest absolute Gasteiger partial charge is 0.0174 e. The average Bonchev–Trinajstić information content (AvgIpc) is 2.52. The molecule has 0 aromatic heterocycles. The Morgan fingerprint density at radius 3 is 2.64 bits per heavy atom. The number of hydrazine groups is 1. The largest absolute Gasteiger partial charge is 0.316 e. The number of rotatable bonds is 5. The molecule has 1 atom stereocenters. The summed E-state index contributed by atoms with van der Waals surface area (Å²) in [5.74, 6) is 1.61. The maximum absolute atomic E-state index is 3.54. The molecule has 1 fully saturated rings. The number of hydrogen-bond acceptors (Lipinski definition) is 3. The minimum Gasteiger partial charge on any atom is -0.316 e. The van der Waals surface area contributed by atoms with Crippen LogP contribution >= 0.6 is 0 Å². The van der Waals surface area contributed by atoms with E-state index in [-0.39, 0.29) is 0 Å². The molecule has 3 heteroatoms. The molecule has 1 unspecified atom stereocenters. The molecule has 1 N–H and O–H groups in total. The van der Waals surface area contributed by atoms with E-state index in [9.17, 15) is 0 Å². The Kier molecular flexibility index (Phi) is 4.85. The van der Waals surface area contributed by atoms with Crippen molar-refractivity contribution in [3.8, 4) is 0 Å². The lowest BCUT2D eigenvalue weighted by Crippen LogP contribution is -2.36. The van der Waals surface area contributed by atoms with Crippen molar-refractivity contribution >= 4 is 0 Å². The van der Waals surface area contributed by atoms with Gasteiger partial charge in [-0.15, -0.1) is 0 Å². The van der Waals surface area contributed by atoms with Crippen molar-refractivity contribution < 1.29 is 0 Å². The monoisotopic (exact) mass is 199 g/mol. The highest BCUT2D eigenvalue weighted by molar-refractivity contribution is 4.74. The molecule has 0 aromatic rings. The third-order valence-electron chi connectivity index (χ3n) is 2.82. The maximum atomic E-state index is 3.54. The molecular formula is C11H25N3. The predicted octanol–water partition coefficient (Wildman–Crippen LogP) is 1.03. The lowest BCUT2D eigenvalue weighted by Gasteiger charge is -2.23. The van der Waals surface area contributed by atoms with Crippen LogP contribution in [0.1, 0.15) is 20.3 Å². The summed E-state index contributed by atoms with van der Waals surface area (Å²) < 4.78 is 0. The van der Waals surface area contributed by atoms with E-state index >= 15 is 0 Å². The molecule has 84 valence electrons. The summed E-state index contributed by atoms with van der Waals surface area (Å²) >= 11 is 0. The molecule has 3 nitrogen and oxygen atoms in total. The zero-order valence-corrected chi connectivity index (χ0v) is 10.1. The fourth-order valence-corrected chi connectivity index (χ4v) is 1.92. The van der Waals surface area contributed by atoms with E-state index in [4.69, 9.17) is 0 Å². The van der Waals surface area contributed by atoms with E-state index in [2.05, 4.69) is 43.3 Å². The normalized spacial score (nSPS) is 24.0. The van der Waals surface area contributed by atoms with Gasteiger partial charge in [0.15, 0.2) is 0 Å². The highest BCUT2D eigenvalue weighted by Gasteiger charge is 2.22. The molecule has 0 amide bonds. The van der Waals surface area contributed by atoms with Crippen LogP contribution in [0.15, 0.2) is 0 Å². The van der Waals surface area contributed by atoms with Gasteiger partial charge in [0.25, 0.3) is 0 Å². The highest BCUT2D eigenvalue weighted by Crippen LogP contribution is 2.15. The maximum Gasteiger partial charge on any atom is 0.0174 e. The first kappa shape index (κ1) is 12.0. The second kappa shape index (κ2) is 5.69. The molecule has 0 aromatic carbocycles. The molecule has 1 heterocycles. The van der Waals surface area contributed by atoms with Crippen molar-refractivity contribution in [3.05, 3.63) is 0 Å². The summed E-state index contributed by atoms with van der Waals surface area (Å²) in [7, 11) is 4.26. The topological polar surface area (TPSA) is 18.5 Å². The van der Waals surface area contributed by atoms with Gasteiger partial charge < -0.3 is 5.32 Å². The summed E-state index contributed by atoms with van der Waals surface area (Å²) in [5, 5.41) is 8.17. The molecule has 14 heavy (non-hydrogen) atoms. The summed E-state index contributed by atoms with van der Waals surface area (Å²) in [6.07, 6.45) is 1.34. The van der Waals surface area contributed by atoms with Crippen LogP contribution in [-0.4, -0.2) is 50.3 Å². The Bertz CT molecular complexity index is 157. The zero-order valence-electron chi connectivity index (χ0n) is 10.1. The number of nitrogens with zero attached hydrogens (tertiary/aromatic N) is 2. The van der Waals surface area contributed by atoms with Crippen LogP contribution in [0.4, 0.5) is 0 Å². The van der Waals surface area contributed by atoms with Crippen LogP contribution < -0.4 is 5.32 Å². The van der Waals surface area contributed by atoms with Crippen molar-refractivity contribution in [3.63, 3.8) is 0 Å². The van der Waals surface area contributed by atoms with Gasteiger partial charge in [-0.3, -0.25) is 0 Å². The van der Waals surface area contributed by atoms with Gasteiger partial charge in [-0.1, -0.05) is 13.8 Å². The molecule has 1 aliphatic heterocycles. The molecule has 1 saturated heterocycles. The van der Waals surface area contributed by atoms with Crippen molar-refractivity contribution in [2.24, 2.45) is 11.8 Å². The van der Waals surface area contributed by atoms with Gasteiger partial charge in [-0.25, -0.2) is 10.0 Å². The molecule has 0 radical (unpaired) electrons. The lowest BCUT2D eigenvalue weighted by atomic mass is 10.1.